The first-order valence-electron chi connectivity index (χ1n) is 8.44. The molecular weight excluding hydrogens is 346 g/mol. The monoisotopic (exact) mass is 367 g/mol. The number of ether oxygens (including phenoxy) is 1. The molecule has 6 heteroatoms. The minimum atomic E-state index is -0.0415. The van der Waals surface area contributed by atoms with Gasteiger partial charge in [-0.3, -0.25) is 9.36 Å². The molecule has 1 heterocycles. The van der Waals surface area contributed by atoms with Crippen molar-refractivity contribution in [3.8, 4) is 11.4 Å². The van der Waals surface area contributed by atoms with Crippen LogP contribution < -0.4 is 10.1 Å². The van der Waals surface area contributed by atoms with Crippen molar-refractivity contribution < 1.29 is 9.53 Å². The number of imidazole rings is 1. The van der Waals surface area contributed by atoms with Gasteiger partial charge in [0.25, 0.3) is 0 Å². The van der Waals surface area contributed by atoms with E-state index in [0.717, 1.165) is 27.6 Å². The summed E-state index contributed by atoms with van der Waals surface area (Å²) in [5.74, 6) is 1.09. The van der Waals surface area contributed by atoms with Crippen molar-refractivity contribution in [3.63, 3.8) is 0 Å². The summed E-state index contributed by atoms with van der Waals surface area (Å²) in [7, 11) is 0. The number of thioether (sulfide) groups is 1. The summed E-state index contributed by atoms with van der Waals surface area (Å²) in [5, 5.41) is 3.57. The third kappa shape index (κ3) is 4.08. The van der Waals surface area contributed by atoms with Crippen LogP contribution in [-0.2, 0) is 4.79 Å². The highest BCUT2D eigenvalue weighted by molar-refractivity contribution is 7.99. The van der Waals surface area contributed by atoms with E-state index in [2.05, 4.69) is 16.5 Å². The van der Waals surface area contributed by atoms with Gasteiger partial charge in [0.05, 0.1) is 23.4 Å². The summed E-state index contributed by atoms with van der Waals surface area (Å²) in [6.07, 6.45) is 1.66. The number of para-hydroxylation sites is 2. The molecule has 0 saturated carbocycles. The maximum absolute atomic E-state index is 11.9. The predicted octanol–water partition coefficient (Wildman–Crippen LogP) is 3.82. The van der Waals surface area contributed by atoms with E-state index in [1.165, 1.54) is 11.8 Å². The van der Waals surface area contributed by atoms with Crippen molar-refractivity contribution in [2.24, 2.45) is 0 Å². The number of hydrogen-bond acceptors (Lipinski definition) is 4. The molecule has 134 valence electrons. The van der Waals surface area contributed by atoms with E-state index in [4.69, 9.17) is 9.72 Å². The molecule has 0 fully saturated rings. The smallest absolute Gasteiger partial charge is 0.230 e. The van der Waals surface area contributed by atoms with Gasteiger partial charge in [0.2, 0.25) is 5.91 Å². The third-order valence-electron chi connectivity index (χ3n) is 3.71. The van der Waals surface area contributed by atoms with Crippen LogP contribution in [0, 0.1) is 0 Å². The van der Waals surface area contributed by atoms with Gasteiger partial charge in [-0.05, 0) is 43.3 Å². The highest BCUT2D eigenvalue weighted by Gasteiger charge is 2.14. The first kappa shape index (κ1) is 18.1. The fourth-order valence-corrected chi connectivity index (χ4v) is 3.43. The molecule has 1 amide bonds. The van der Waals surface area contributed by atoms with Crippen molar-refractivity contribution in [1.82, 2.24) is 14.9 Å². The number of nitrogens with one attached hydrogen (secondary N) is 1. The second-order valence-electron chi connectivity index (χ2n) is 5.53. The molecule has 0 aliphatic rings. The van der Waals surface area contributed by atoms with Crippen LogP contribution >= 0.6 is 11.8 Å². The number of fused-ring (bicyclic) bond motifs is 1. The van der Waals surface area contributed by atoms with Gasteiger partial charge in [-0.15, -0.1) is 6.58 Å². The molecule has 0 spiro atoms. The highest BCUT2D eigenvalue weighted by Crippen LogP contribution is 2.28. The Morgan fingerprint density at radius 1 is 1.27 bits per heavy atom. The highest BCUT2D eigenvalue weighted by atomic mass is 32.2. The van der Waals surface area contributed by atoms with Crippen molar-refractivity contribution in [3.05, 3.63) is 61.2 Å². The maximum Gasteiger partial charge on any atom is 0.230 e. The Hall–Kier alpha value is -2.73. The fraction of sp³-hybridized carbons (Fsp3) is 0.200. The van der Waals surface area contributed by atoms with Crippen molar-refractivity contribution in [2.45, 2.75) is 12.1 Å². The molecule has 26 heavy (non-hydrogen) atoms. The number of hydrogen-bond donors (Lipinski definition) is 1. The predicted molar refractivity (Wildman–Crippen MR) is 106 cm³/mol. The topological polar surface area (TPSA) is 56.2 Å². The van der Waals surface area contributed by atoms with E-state index in [-0.39, 0.29) is 5.91 Å². The number of aromatic nitrogens is 2. The first-order valence-corrected chi connectivity index (χ1v) is 9.42. The summed E-state index contributed by atoms with van der Waals surface area (Å²) >= 11 is 1.41. The standard InChI is InChI=1S/C20H21N3O2S/c1-3-13-21-19(24)14-26-20-22-17-7-5-6-8-18(17)23(20)15-9-11-16(12-10-15)25-4-2/h3,5-12H,1,4,13-14H2,2H3,(H,21,24). The van der Waals surface area contributed by atoms with Crippen molar-refractivity contribution >= 4 is 28.7 Å². The van der Waals surface area contributed by atoms with Gasteiger partial charge in [-0.1, -0.05) is 30.0 Å². The quantitative estimate of drug-likeness (QED) is 0.486. The largest absolute Gasteiger partial charge is 0.494 e. The minimum absolute atomic E-state index is 0.0415. The average molecular weight is 367 g/mol. The Morgan fingerprint density at radius 2 is 2.04 bits per heavy atom. The van der Waals surface area contributed by atoms with Gasteiger partial charge in [-0.25, -0.2) is 4.98 Å². The first-order chi connectivity index (χ1) is 12.7. The van der Waals surface area contributed by atoms with E-state index in [9.17, 15) is 4.79 Å². The lowest BCUT2D eigenvalue weighted by atomic mass is 10.2. The number of carbonyl (C=O) groups excluding carboxylic acids is 1. The lowest BCUT2D eigenvalue weighted by Gasteiger charge is -2.10. The van der Waals surface area contributed by atoms with E-state index < -0.39 is 0 Å². The van der Waals surface area contributed by atoms with Gasteiger partial charge in [0, 0.05) is 12.2 Å². The number of nitrogens with zero attached hydrogens (tertiary/aromatic N) is 2. The molecule has 0 aliphatic carbocycles. The zero-order chi connectivity index (χ0) is 18.4. The molecule has 5 nitrogen and oxygen atoms in total. The van der Waals surface area contributed by atoms with Crippen LogP contribution in [0.2, 0.25) is 0 Å². The van der Waals surface area contributed by atoms with E-state index in [1.807, 2.05) is 55.5 Å². The summed E-state index contributed by atoms with van der Waals surface area (Å²) in [6, 6.07) is 15.8. The molecule has 1 N–H and O–H groups in total. The third-order valence-corrected chi connectivity index (χ3v) is 4.65. The van der Waals surface area contributed by atoms with Gasteiger partial charge in [0.1, 0.15) is 5.75 Å². The molecule has 0 unspecified atom stereocenters. The minimum Gasteiger partial charge on any atom is -0.494 e. The van der Waals surface area contributed by atoms with Crippen molar-refractivity contribution in [2.75, 3.05) is 18.9 Å². The lowest BCUT2D eigenvalue weighted by Crippen LogP contribution is -2.25. The van der Waals surface area contributed by atoms with Crippen molar-refractivity contribution in [1.29, 1.82) is 0 Å². The van der Waals surface area contributed by atoms with Crippen LogP contribution in [0.15, 0.2) is 66.3 Å². The molecular formula is C20H21N3O2S. The number of rotatable bonds is 8. The molecule has 0 radical (unpaired) electrons. The second kappa shape index (κ2) is 8.58. The average Bonchev–Trinajstić information content (AvgIpc) is 3.04. The Labute approximate surface area is 157 Å². The molecule has 0 aliphatic heterocycles. The molecule has 0 saturated heterocycles. The fourth-order valence-electron chi connectivity index (χ4n) is 2.58. The molecule has 3 rings (SSSR count). The Balaban J connectivity index is 1.91. The van der Waals surface area contributed by atoms with Crippen LogP contribution in [-0.4, -0.2) is 34.4 Å². The normalized spacial score (nSPS) is 10.7. The zero-order valence-electron chi connectivity index (χ0n) is 14.6. The van der Waals surface area contributed by atoms with Gasteiger partial charge in [0.15, 0.2) is 5.16 Å². The van der Waals surface area contributed by atoms with Gasteiger partial charge < -0.3 is 10.1 Å². The molecule has 0 atom stereocenters. The summed E-state index contributed by atoms with van der Waals surface area (Å²) in [5.41, 5.74) is 2.89. The SMILES string of the molecule is C=CCNC(=O)CSc1nc2ccccc2n1-c1ccc(OCC)cc1. The van der Waals surface area contributed by atoms with Crippen LogP contribution in [0.25, 0.3) is 16.7 Å². The van der Waals surface area contributed by atoms with Crippen LogP contribution in [0.3, 0.4) is 0 Å². The molecule has 0 bridgehead atoms. The van der Waals surface area contributed by atoms with Crippen LogP contribution in [0.4, 0.5) is 0 Å². The summed E-state index contributed by atoms with van der Waals surface area (Å²) in [6.45, 7) is 6.67. The summed E-state index contributed by atoms with van der Waals surface area (Å²) in [4.78, 5) is 16.6. The molecule has 2 aromatic carbocycles. The second-order valence-corrected chi connectivity index (χ2v) is 6.47. The van der Waals surface area contributed by atoms with Crippen LogP contribution in [0.1, 0.15) is 6.92 Å². The maximum atomic E-state index is 11.9. The van der Waals surface area contributed by atoms with Gasteiger partial charge >= 0.3 is 0 Å². The van der Waals surface area contributed by atoms with E-state index in [0.29, 0.717) is 18.9 Å². The van der Waals surface area contributed by atoms with Crippen LogP contribution in [0.5, 0.6) is 5.75 Å². The van der Waals surface area contributed by atoms with Gasteiger partial charge in [-0.2, -0.15) is 0 Å². The Kier molecular flexibility index (Phi) is 5.96. The number of benzene rings is 2. The molecule has 1 aromatic heterocycles. The summed E-state index contributed by atoms with van der Waals surface area (Å²) < 4.78 is 7.59. The van der Waals surface area contributed by atoms with E-state index >= 15 is 0 Å². The number of carbonyl (C=O) groups is 1. The number of amides is 1. The lowest BCUT2D eigenvalue weighted by molar-refractivity contribution is -0.118. The van der Waals surface area contributed by atoms with E-state index in [1.54, 1.807) is 6.08 Å². The Bertz CT molecular complexity index is 903. The Morgan fingerprint density at radius 3 is 2.77 bits per heavy atom. The zero-order valence-corrected chi connectivity index (χ0v) is 15.5. The molecule has 3 aromatic rings.